The standard InChI is InChI=1S/C18H26O4S/c1-6-21-14(19)8-10-23-17-12(3)16-13(11(2)15(17)20)7-9-18(4,5)22-16/h20H,6-10H2,1-5H3. The van der Waals surface area contributed by atoms with Crippen LogP contribution in [0, 0.1) is 13.8 Å². The van der Waals surface area contributed by atoms with Crippen molar-refractivity contribution >= 4 is 17.7 Å². The van der Waals surface area contributed by atoms with Gasteiger partial charge in [0, 0.05) is 16.9 Å². The van der Waals surface area contributed by atoms with Gasteiger partial charge in [0.1, 0.15) is 17.1 Å². The van der Waals surface area contributed by atoms with Crippen LogP contribution in [0.5, 0.6) is 11.5 Å². The van der Waals surface area contributed by atoms with Gasteiger partial charge in [-0.25, -0.2) is 0 Å². The third kappa shape index (κ3) is 3.94. The first-order valence-electron chi connectivity index (χ1n) is 8.09. The number of esters is 1. The van der Waals surface area contributed by atoms with Crippen LogP contribution in [-0.2, 0) is 16.0 Å². The second-order valence-electron chi connectivity index (χ2n) is 6.50. The molecule has 1 heterocycles. The Hall–Kier alpha value is -1.36. The lowest BCUT2D eigenvalue weighted by Gasteiger charge is -2.35. The highest BCUT2D eigenvalue weighted by Gasteiger charge is 2.31. The highest BCUT2D eigenvalue weighted by molar-refractivity contribution is 7.99. The zero-order chi connectivity index (χ0) is 17.2. The Labute approximate surface area is 142 Å². The molecular formula is C18H26O4S. The number of thioether (sulfide) groups is 1. The smallest absolute Gasteiger partial charge is 0.306 e. The molecule has 0 saturated heterocycles. The van der Waals surface area contributed by atoms with Crippen molar-refractivity contribution in [3.05, 3.63) is 16.7 Å². The second kappa shape index (κ2) is 7.04. The highest BCUT2D eigenvalue weighted by atomic mass is 32.2. The molecule has 5 heteroatoms. The van der Waals surface area contributed by atoms with Gasteiger partial charge in [0.15, 0.2) is 0 Å². The second-order valence-corrected chi connectivity index (χ2v) is 7.61. The van der Waals surface area contributed by atoms with Crippen LogP contribution in [-0.4, -0.2) is 29.0 Å². The number of hydrogen-bond donors (Lipinski definition) is 1. The van der Waals surface area contributed by atoms with Crippen LogP contribution < -0.4 is 4.74 Å². The van der Waals surface area contributed by atoms with Gasteiger partial charge < -0.3 is 14.6 Å². The van der Waals surface area contributed by atoms with E-state index in [9.17, 15) is 9.90 Å². The summed E-state index contributed by atoms with van der Waals surface area (Å²) in [5.74, 6) is 1.59. The highest BCUT2D eigenvalue weighted by Crippen LogP contribution is 2.46. The SMILES string of the molecule is CCOC(=O)CCSc1c(C)c2c(c(C)c1O)CCC(C)(C)O2. The number of fused-ring (bicyclic) bond motifs is 1. The maximum Gasteiger partial charge on any atom is 0.306 e. The third-order valence-corrected chi connectivity index (χ3v) is 5.39. The summed E-state index contributed by atoms with van der Waals surface area (Å²) in [4.78, 5) is 12.3. The van der Waals surface area contributed by atoms with Gasteiger partial charge in [-0.2, -0.15) is 0 Å². The predicted molar refractivity (Wildman–Crippen MR) is 92.6 cm³/mol. The van der Waals surface area contributed by atoms with Crippen LogP contribution in [0.1, 0.15) is 50.3 Å². The van der Waals surface area contributed by atoms with Crippen molar-refractivity contribution in [2.24, 2.45) is 0 Å². The number of benzene rings is 1. The number of phenols is 1. The lowest BCUT2D eigenvalue weighted by Crippen LogP contribution is -2.33. The Kier molecular flexibility index (Phi) is 5.50. The fourth-order valence-electron chi connectivity index (χ4n) is 2.83. The maximum absolute atomic E-state index is 11.5. The average molecular weight is 338 g/mol. The van der Waals surface area contributed by atoms with E-state index in [1.165, 1.54) is 11.8 Å². The molecule has 2 rings (SSSR count). The molecule has 1 aliphatic heterocycles. The van der Waals surface area contributed by atoms with Crippen LogP contribution in [0.4, 0.5) is 0 Å². The summed E-state index contributed by atoms with van der Waals surface area (Å²) in [6.45, 7) is 10.3. The van der Waals surface area contributed by atoms with Gasteiger partial charge in [0.05, 0.1) is 17.9 Å². The van der Waals surface area contributed by atoms with E-state index in [0.29, 0.717) is 24.5 Å². The predicted octanol–water partition coefficient (Wildman–Crippen LogP) is 4.16. The minimum Gasteiger partial charge on any atom is -0.506 e. The van der Waals surface area contributed by atoms with Crippen LogP contribution in [0.15, 0.2) is 4.90 Å². The Morgan fingerprint density at radius 1 is 1.35 bits per heavy atom. The molecule has 4 nitrogen and oxygen atoms in total. The molecule has 1 aliphatic rings. The normalized spacial score (nSPS) is 15.7. The lowest BCUT2D eigenvalue weighted by molar-refractivity contribution is -0.142. The molecule has 1 aromatic rings. The molecule has 0 saturated carbocycles. The molecule has 0 fully saturated rings. The van der Waals surface area contributed by atoms with E-state index in [2.05, 4.69) is 13.8 Å². The van der Waals surface area contributed by atoms with E-state index < -0.39 is 0 Å². The van der Waals surface area contributed by atoms with E-state index in [1.54, 1.807) is 6.92 Å². The van der Waals surface area contributed by atoms with Gasteiger partial charge >= 0.3 is 5.97 Å². The molecule has 1 N–H and O–H groups in total. The van der Waals surface area contributed by atoms with Crippen LogP contribution >= 0.6 is 11.8 Å². The van der Waals surface area contributed by atoms with E-state index in [0.717, 1.165) is 40.2 Å². The first-order valence-corrected chi connectivity index (χ1v) is 9.07. The summed E-state index contributed by atoms with van der Waals surface area (Å²) in [5, 5.41) is 10.5. The third-order valence-electron chi connectivity index (χ3n) is 4.19. The largest absolute Gasteiger partial charge is 0.506 e. The number of hydrogen-bond acceptors (Lipinski definition) is 5. The van der Waals surface area contributed by atoms with Crippen molar-refractivity contribution in [2.75, 3.05) is 12.4 Å². The van der Waals surface area contributed by atoms with Crippen molar-refractivity contribution in [1.82, 2.24) is 0 Å². The van der Waals surface area contributed by atoms with E-state index in [1.807, 2.05) is 13.8 Å². The van der Waals surface area contributed by atoms with Gasteiger partial charge in [-0.05, 0) is 53.0 Å². The van der Waals surface area contributed by atoms with Gasteiger partial charge in [0.25, 0.3) is 0 Å². The van der Waals surface area contributed by atoms with Crippen molar-refractivity contribution in [3.8, 4) is 11.5 Å². The van der Waals surface area contributed by atoms with Crippen molar-refractivity contribution in [1.29, 1.82) is 0 Å². The monoisotopic (exact) mass is 338 g/mol. The Morgan fingerprint density at radius 3 is 2.70 bits per heavy atom. The summed E-state index contributed by atoms with van der Waals surface area (Å²) in [6, 6.07) is 0. The lowest BCUT2D eigenvalue weighted by atomic mass is 9.90. The molecule has 0 atom stereocenters. The molecule has 0 radical (unpaired) electrons. The maximum atomic E-state index is 11.5. The zero-order valence-corrected chi connectivity index (χ0v) is 15.4. The van der Waals surface area contributed by atoms with Gasteiger partial charge in [-0.15, -0.1) is 11.8 Å². The van der Waals surface area contributed by atoms with Crippen LogP contribution in [0.25, 0.3) is 0 Å². The molecule has 0 aromatic heterocycles. The molecule has 1 aromatic carbocycles. The summed E-state index contributed by atoms with van der Waals surface area (Å²) in [5.41, 5.74) is 2.77. The first kappa shape index (κ1) is 18.0. The van der Waals surface area contributed by atoms with Crippen LogP contribution in [0.2, 0.25) is 0 Å². The Bertz CT molecular complexity index is 608. The number of rotatable bonds is 5. The summed E-state index contributed by atoms with van der Waals surface area (Å²) in [6.07, 6.45) is 2.19. The molecule has 0 spiro atoms. The molecule has 0 unspecified atom stereocenters. The fourth-order valence-corrected chi connectivity index (χ4v) is 3.90. The summed E-state index contributed by atoms with van der Waals surface area (Å²) in [7, 11) is 0. The molecule has 128 valence electrons. The Morgan fingerprint density at radius 2 is 2.04 bits per heavy atom. The van der Waals surface area contributed by atoms with Crippen LogP contribution in [0.3, 0.4) is 0 Å². The minimum atomic E-state index is -0.204. The Balaban J connectivity index is 2.24. The topological polar surface area (TPSA) is 55.8 Å². The number of carbonyl (C=O) groups excluding carboxylic acids is 1. The average Bonchev–Trinajstić information content (AvgIpc) is 2.48. The molecule has 0 bridgehead atoms. The van der Waals surface area contributed by atoms with Crippen molar-refractivity contribution in [3.63, 3.8) is 0 Å². The molecule has 0 amide bonds. The molecule has 23 heavy (non-hydrogen) atoms. The number of phenolic OH excluding ortho intramolecular Hbond substituents is 1. The zero-order valence-electron chi connectivity index (χ0n) is 14.6. The van der Waals surface area contributed by atoms with Crippen molar-refractivity contribution < 1.29 is 19.4 Å². The van der Waals surface area contributed by atoms with Crippen molar-refractivity contribution in [2.45, 2.75) is 64.4 Å². The fraction of sp³-hybridized carbons (Fsp3) is 0.611. The van der Waals surface area contributed by atoms with Gasteiger partial charge in [-0.3, -0.25) is 4.79 Å². The molecule has 0 aliphatic carbocycles. The first-order chi connectivity index (χ1) is 10.8. The van der Waals surface area contributed by atoms with E-state index in [-0.39, 0.29) is 11.6 Å². The number of carbonyl (C=O) groups is 1. The summed E-state index contributed by atoms with van der Waals surface area (Å²) < 4.78 is 11.1. The van der Waals surface area contributed by atoms with E-state index >= 15 is 0 Å². The summed E-state index contributed by atoms with van der Waals surface area (Å²) >= 11 is 1.48. The van der Waals surface area contributed by atoms with Gasteiger partial charge in [-0.1, -0.05) is 0 Å². The minimum absolute atomic E-state index is 0.186. The number of aromatic hydroxyl groups is 1. The molecular weight excluding hydrogens is 312 g/mol. The van der Waals surface area contributed by atoms with Gasteiger partial charge in [0.2, 0.25) is 0 Å². The number of ether oxygens (including phenoxy) is 2. The quantitative estimate of drug-likeness (QED) is 0.645. The van der Waals surface area contributed by atoms with E-state index in [4.69, 9.17) is 9.47 Å².